The maximum atomic E-state index is 12.5. The predicted molar refractivity (Wildman–Crippen MR) is 121 cm³/mol. The van der Waals surface area contributed by atoms with E-state index in [0.29, 0.717) is 18.1 Å². The number of hydrogen-bond donors (Lipinski definition) is 2. The van der Waals surface area contributed by atoms with Gasteiger partial charge in [-0.25, -0.2) is 4.98 Å². The Labute approximate surface area is 181 Å². The van der Waals surface area contributed by atoms with Gasteiger partial charge in [0.2, 0.25) is 5.91 Å². The lowest BCUT2D eigenvalue weighted by atomic mass is 9.99. The van der Waals surface area contributed by atoms with Gasteiger partial charge >= 0.3 is 0 Å². The van der Waals surface area contributed by atoms with Crippen LogP contribution in [0.3, 0.4) is 0 Å². The molecule has 0 unspecified atom stereocenters. The summed E-state index contributed by atoms with van der Waals surface area (Å²) in [6.45, 7) is 7.31. The van der Waals surface area contributed by atoms with Crippen LogP contribution in [0.5, 0.6) is 0 Å². The van der Waals surface area contributed by atoms with Gasteiger partial charge in [-0.15, -0.1) is 0 Å². The number of fused-ring (bicyclic) bond motifs is 1. The van der Waals surface area contributed by atoms with E-state index in [4.69, 9.17) is 22.3 Å². The van der Waals surface area contributed by atoms with Gasteiger partial charge in [-0.1, -0.05) is 41.4 Å². The number of nitrogens with one attached hydrogen (secondary N) is 1. The number of rotatable bonds is 4. The lowest BCUT2D eigenvalue weighted by Crippen LogP contribution is -2.53. The third kappa shape index (κ3) is 3.57. The SMILES string of the molecule is Cc1ccc(-c2nc3n(c2Nc2ccc(Cl)cc2)CCN(C(=O)CN)C3(C)C)cc1. The van der Waals surface area contributed by atoms with E-state index in [9.17, 15) is 4.79 Å². The first-order valence-corrected chi connectivity index (χ1v) is 10.4. The fourth-order valence-electron chi connectivity index (χ4n) is 3.99. The number of aryl methyl sites for hydroxylation is 1. The summed E-state index contributed by atoms with van der Waals surface area (Å²) in [5, 5.41) is 4.22. The van der Waals surface area contributed by atoms with Crippen molar-refractivity contribution < 1.29 is 4.79 Å². The first-order valence-electron chi connectivity index (χ1n) is 10.0. The van der Waals surface area contributed by atoms with Crippen molar-refractivity contribution >= 4 is 29.0 Å². The lowest BCUT2D eigenvalue weighted by molar-refractivity contribution is -0.137. The number of aromatic nitrogens is 2. The van der Waals surface area contributed by atoms with Crippen molar-refractivity contribution in [2.24, 2.45) is 5.73 Å². The van der Waals surface area contributed by atoms with Crippen LogP contribution in [-0.2, 0) is 16.9 Å². The number of nitrogens with two attached hydrogens (primary N) is 1. The molecule has 30 heavy (non-hydrogen) atoms. The molecule has 7 heteroatoms. The fraction of sp³-hybridized carbons (Fsp3) is 0.304. The van der Waals surface area contributed by atoms with Gasteiger partial charge in [-0.2, -0.15) is 0 Å². The van der Waals surface area contributed by atoms with Crippen LogP contribution in [0.4, 0.5) is 11.5 Å². The Balaban J connectivity index is 1.85. The Morgan fingerprint density at radius 3 is 2.43 bits per heavy atom. The number of benzene rings is 2. The van der Waals surface area contributed by atoms with Crippen molar-refractivity contribution in [2.75, 3.05) is 18.4 Å². The van der Waals surface area contributed by atoms with Gasteiger partial charge in [-0.05, 0) is 45.0 Å². The monoisotopic (exact) mass is 423 g/mol. The summed E-state index contributed by atoms with van der Waals surface area (Å²) in [4.78, 5) is 19.3. The van der Waals surface area contributed by atoms with Crippen molar-refractivity contribution in [1.82, 2.24) is 14.5 Å². The summed E-state index contributed by atoms with van der Waals surface area (Å²) in [7, 11) is 0. The molecule has 0 saturated heterocycles. The Hall–Kier alpha value is -2.83. The molecule has 1 aromatic heterocycles. The molecule has 1 aliphatic heterocycles. The summed E-state index contributed by atoms with van der Waals surface area (Å²) in [6.07, 6.45) is 0. The van der Waals surface area contributed by atoms with Crippen molar-refractivity contribution in [3.05, 3.63) is 64.9 Å². The Morgan fingerprint density at radius 2 is 1.80 bits per heavy atom. The second-order valence-electron chi connectivity index (χ2n) is 8.09. The van der Waals surface area contributed by atoms with E-state index in [1.165, 1.54) is 5.56 Å². The Kier molecular flexibility index (Phi) is 5.30. The van der Waals surface area contributed by atoms with Gasteiger partial charge in [0.25, 0.3) is 0 Å². The quantitative estimate of drug-likeness (QED) is 0.656. The molecule has 0 bridgehead atoms. The van der Waals surface area contributed by atoms with E-state index in [-0.39, 0.29) is 12.5 Å². The zero-order chi connectivity index (χ0) is 21.5. The zero-order valence-corrected chi connectivity index (χ0v) is 18.2. The third-order valence-corrected chi connectivity index (χ3v) is 5.90. The smallest absolute Gasteiger partial charge is 0.237 e. The van der Waals surface area contributed by atoms with E-state index < -0.39 is 5.54 Å². The van der Waals surface area contributed by atoms with Crippen molar-refractivity contribution in [3.63, 3.8) is 0 Å². The van der Waals surface area contributed by atoms with Crippen molar-refractivity contribution in [2.45, 2.75) is 32.9 Å². The van der Waals surface area contributed by atoms with Gasteiger partial charge in [0.15, 0.2) is 0 Å². The molecule has 0 atom stereocenters. The number of hydrogen-bond acceptors (Lipinski definition) is 4. The molecule has 4 rings (SSSR count). The van der Waals surface area contributed by atoms with E-state index in [1.54, 1.807) is 0 Å². The highest BCUT2D eigenvalue weighted by Gasteiger charge is 2.41. The maximum absolute atomic E-state index is 12.5. The second kappa shape index (κ2) is 7.78. The highest BCUT2D eigenvalue weighted by Crippen LogP contribution is 2.39. The summed E-state index contributed by atoms with van der Waals surface area (Å²) in [6, 6.07) is 15.9. The van der Waals surface area contributed by atoms with Crippen LogP contribution in [0.25, 0.3) is 11.3 Å². The largest absolute Gasteiger partial charge is 0.340 e. The van der Waals surface area contributed by atoms with Crippen molar-refractivity contribution in [3.8, 4) is 11.3 Å². The molecule has 2 aromatic carbocycles. The number of amides is 1. The highest BCUT2D eigenvalue weighted by atomic mass is 35.5. The molecule has 3 N–H and O–H groups in total. The van der Waals surface area contributed by atoms with E-state index in [1.807, 2.05) is 43.0 Å². The van der Waals surface area contributed by atoms with Crippen LogP contribution in [0.15, 0.2) is 48.5 Å². The fourth-order valence-corrected chi connectivity index (χ4v) is 4.12. The van der Waals surface area contributed by atoms with Crippen LogP contribution in [0.1, 0.15) is 25.2 Å². The van der Waals surface area contributed by atoms with Crippen molar-refractivity contribution in [1.29, 1.82) is 0 Å². The molecule has 1 amide bonds. The third-order valence-electron chi connectivity index (χ3n) is 5.64. The highest BCUT2D eigenvalue weighted by molar-refractivity contribution is 6.30. The molecule has 3 aromatic rings. The van der Waals surface area contributed by atoms with Crippen LogP contribution < -0.4 is 11.1 Å². The first-order chi connectivity index (χ1) is 14.3. The molecular weight excluding hydrogens is 398 g/mol. The molecule has 0 fully saturated rings. The van der Waals surface area contributed by atoms with Crippen LogP contribution in [-0.4, -0.2) is 33.4 Å². The number of imidazole rings is 1. The van der Waals surface area contributed by atoms with Gasteiger partial charge in [0.05, 0.1) is 12.1 Å². The second-order valence-corrected chi connectivity index (χ2v) is 8.53. The normalized spacial score (nSPS) is 15.0. The molecule has 0 saturated carbocycles. The molecule has 0 spiro atoms. The van der Waals surface area contributed by atoms with Gasteiger partial charge < -0.3 is 20.5 Å². The minimum Gasteiger partial charge on any atom is -0.340 e. The number of carbonyl (C=O) groups is 1. The number of carbonyl (C=O) groups excluding carboxylic acids is 1. The first kappa shape index (κ1) is 20.4. The number of anilines is 2. The van der Waals surface area contributed by atoms with Crippen LogP contribution >= 0.6 is 11.6 Å². The standard InChI is InChI=1S/C23H26ClN5O/c1-15-4-6-16(7-5-15)20-21(26-18-10-8-17(24)9-11-18)28-12-13-29(19(30)14-25)23(2,3)22(28)27-20/h4-11,26H,12-14,25H2,1-3H3. The summed E-state index contributed by atoms with van der Waals surface area (Å²) >= 11 is 6.05. The average Bonchev–Trinajstić information content (AvgIpc) is 3.09. The molecule has 0 aliphatic carbocycles. The topological polar surface area (TPSA) is 76.2 Å². The molecule has 1 aliphatic rings. The summed E-state index contributed by atoms with van der Waals surface area (Å²) in [5.74, 6) is 1.67. The predicted octanol–water partition coefficient (Wildman–Crippen LogP) is 4.29. The van der Waals surface area contributed by atoms with Gasteiger partial charge in [0, 0.05) is 29.4 Å². The van der Waals surface area contributed by atoms with E-state index >= 15 is 0 Å². The van der Waals surface area contributed by atoms with Gasteiger partial charge in [0.1, 0.15) is 17.3 Å². The summed E-state index contributed by atoms with van der Waals surface area (Å²) in [5.41, 5.74) is 9.07. The Bertz CT molecular complexity index is 1070. The van der Waals surface area contributed by atoms with Gasteiger partial charge in [-0.3, -0.25) is 4.79 Å². The van der Waals surface area contributed by atoms with Crippen LogP contribution in [0, 0.1) is 6.92 Å². The summed E-state index contributed by atoms with van der Waals surface area (Å²) < 4.78 is 2.17. The molecular formula is C23H26ClN5O. The lowest BCUT2D eigenvalue weighted by Gasteiger charge is -2.42. The maximum Gasteiger partial charge on any atom is 0.237 e. The minimum absolute atomic E-state index is 0.00909. The molecule has 0 radical (unpaired) electrons. The molecule has 6 nitrogen and oxygen atoms in total. The zero-order valence-electron chi connectivity index (χ0n) is 17.4. The van der Waals surface area contributed by atoms with Crippen LogP contribution in [0.2, 0.25) is 5.02 Å². The van der Waals surface area contributed by atoms with E-state index in [2.05, 4.69) is 41.1 Å². The number of halogens is 1. The Morgan fingerprint density at radius 1 is 1.13 bits per heavy atom. The minimum atomic E-state index is -0.575. The average molecular weight is 424 g/mol. The molecule has 156 valence electrons. The number of nitrogens with zero attached hydrogens (tertiary/aromatic N) is 3. The van der Waals surface area contributed by atoms with E-state index in [0.717, 1.165) is 28.6 Å². The molecule has 2 heterocycles.